The number of hydrogen-bond donors (Lipinski definition) is 1. The zero-order valence-corrected chi connectivity index (χ0v) is 11.4. The van der Waals surface area contributed by atoms with Crippen LogP contribution in [-0.4, -0.2) is 16.8 Å². The molecule has 1 unspecified atom stereocenters. The number of nitrogens with zero attached hydrogens (tertiary/aromatic N) is 1. The standard InChI is InChI=1S/C15H15ClN2O/c1-15(11-16,13-7-3-2-4-8-13)18-14(19)12-6-5-9-17-10-12/h2-10H,11H2,1H3,(H,18,19). The monoisotopic (exact) mass is 274 g/mol. The maximum Gasteiger partial charge on any atom is 0.253 e. The summed E-state index contributed by atoms with van der Waals surface area (Å²) in [5.74, 6) is 0.114. The first kappa shape index (κ1) is 13.6. The van der Waals surface area contributed by atoms with Crippen LogP contribution < -0.4 is 5.32 Å². The number of carbonyl (C=O) groups excluding carboxylic acids is 1. The molecule has 98 valence electrons. The largest absolute Gasteiger partial charge is 0.342 e. The maximum absolute atomic E-state index is 12.2. The highest BCUT2D eigenvalue weighted by atomic mass is 35.5. The van der Waals surface area contributed by atoms with E-state index in [0.717, 1.165) is 5.56 Å². The van der Waals surface area contributed by atoms with Gasteiger partial charge in [0.2, 0.25) is 0 Å². The average molecular weight is 275 g/mol. The van der Waals surface area contributed by atoms with E-state index in [0.29, 0.717) is 11.4 Å². The molecular weight excluding hydrogens is 260 g/mol. The number of rotatable bonds is 4. The summed E-state index contributed by atoms with van der Waals surface area (Å²) >= 11 is 6.04. The normalized spacial score (nSPS) is 13.6. The lowest BCUT2D eigenvalue weighted by Crippen LogP contribution is -2.45. The van der Waals surface area contributed by atoms with Crippen LogP contribution in [0.3, 0.4) is 0 Å². The zero-order valence-electron chi connectivity index (χ0n) is 10.6. The van der Waals surface area contributed by atoms with Crippen molar-refractivity contribution in [3.63, 3.8) is 0 Å². The number of hydrogen-bond acceptors (Lipinski definition) is 2. The van der Waals surface area contributed by atoms with Gasteiger partial charge in [-0.05, 0) is 24.6 Å². The number of alkyl halides is 1. The minimum absolute atomic E-state index is 0.180. The summed E-state index contributed by atoms with van der Waals surface area (Å²) in [6.07, 6.45) is 3.17. The van der Waals surface area contributed by atoms with Gasteiger partial charge in [0.25, 0.3) is 5.91 Å². The van der Waals surface area contributed by atoms with Crippen LogP contribution in [0.2, 0.25) is 0 Å². The van der Waals surface area contributed by atoms with Crippen LogP contribution in [-0.2, 0) is 5.54 Å². The third-order valence-corrected chi connectivity index (χ3v) is 3.53. The number of pyridine rings is 1. The molecule has 0 bridgehead atoms. The molecule has 1 aromatic carbocycles. The highest BCUT2D eigenvalue weighted by molar-refractivity contribution is 6.19. The molecule has 1 N–H and O–H groups in total. The van der Waals surface area contributed by atoms with Gasteiger partial charge in [-0.3, -0.25) is 9.78 Å². The molecule has 0 aliphatic rings. The molecule has 1 amide bonds. The van der Waals surface area contributed by atoms with E-state index in [1.165, 1.54) is 6.20 Å². The molecule has 0 saturated heterocycles. The molecule has 3 nitrogen and oxygen atoms in total. The molecule has 1 heterocycles. The molecular formula is C15H15ClN2O. The Morgan fingerprint density at radius 1 is 1.26 bits per heavy atom. The number of aromatic nitrogens is 1. The summed E-state index contributed by atoms with van der Waals surface area (Å²) in [4.78, 5) is 16.1. The molecule has 2 rings (SSSR count). The summed E-state index contributed by atoms with van der Waals surface area (Å²) in [6, 6.07) is 13.1. The Labute approximate surface area is 117 Å². The lowest BCUT2D eigenvalue weighted by atomic mass is 9.93. The second kappa shape index (κ2) is 5.85. The quantitative estimate of drug-likeness (QED) is 0.871. The highest BCUT2D eigenvalue weighted by Crippen LogP contribution is 2.22. The minimum Gasteiger partial charge on any atom is -0.342 e. The molecule has 0 aliphatic carbocycles. The molecule has 0 spiro atoms. The maximum atomic E-state index is 12.2. The predicted molar refractivity (Wildman–Crippen MR) is 76.2 cm³/mol. The van der Waals surface area contributed by atoms with Crippen molar-refractivity contribution in [3.8, 4) is 0 Å². The number of halogens is 1. The van der Waals surface area contributed by atoms with Gasteiger partial charge in [0.05, 0.1) is 11.1 Å². The van der Waals surface area contributed by atoms with Gasteiger partial charge < -0.3 is 5.32 Å². The Kier molecular flexibility index (Phi) is 4.17. The third kappa shape index (κ3) is 3.12. The average Bonchev–Trinajstić information content (AvgIpc) is 2.49. The Balaban J connectivity index is 2.22. The molecule has 1 aromatic heterocycles. The third-order valence-electron chi connectivity index (χ3n) is 2.99. The molecule has 19 heavy (non-hydrogen) atoms. The van der Waals surface area contributed by atoms with Crippen molar-refractivity contribution in [1.82, 2.24) is 10.3 Å². The van der Waals surface area contributed by atoms with Gasteiger partial charge in [0.15, 0.2) is 0 Å². The second-order valence-electron chi connectivity index (χ2n) is 4.53. The topological polar surface area (TPSA) is 42.0 Å². The van der Waals surface area contributed by atoms with Gasteiger partial charge >= 0.3 is 0 Å². The fraction of sp³-hybridized carbons (Fsp3) is 0.200. The summed E-state index contributed by atoms with van der Waals surface area (Å²) in [5.41, 5.74) is 0.896. The predicted octanol–water partition coefficient (Wildman–Crippen LogP) is 2.97. The summed E-state index contributed by atoms with van der Waals surface area (Å²) in [5, 5.41) is 2.96. The van der Waals surface area contributed by atoms with Crippen molar-refractivity contribution in [2.45, 2.75) is 12.5 Å². The van der Waals surface area contributed by atoms with E-state index in [2.05, 4.69) is 10.3 Å². The molecule has 0 aliphatic heterocycles. The van der Waals surface area contributed by atoms with Crippen LogP contribution in [0.1, 0.15) is 22.8 Å². The van der Waals surface area contributed by atoms with Crippen molar-refractivity contribution < 1.29 is 4.79 Å². The molecule has 1 atom stereocenters. The first-order valence-electron chi connectivity index (χ1n) is 6.00. The molecule has 0 fully saturated rings. The highest BCUT2D eigenvalue weighted by Gasteiger charge is 2.27. The Morgan fingerprint density at radius 2 is 2.00 bits per heavy atom. The zero-order chi connectivity index (χ0) is 13.7. The number of amides is 1. The van der Waals surface area contributed by atoms with E-state index in [9.17, 15) is 4.79 Å². The summed E-state index contributed by atoms with van der Waals surface area (Å²) in [6.45, 7) is 1.91. The SMILES string of the molecule is CC(CCl)(NC(=O)c1cccnc1)c1ccccc1. The number of nitrogens with one attached hydrogen (secondary N) is 1. The van der Waals surface area contributed by atoms with Gasteiger partial charge in [0, 0.05) is 18.3 Å². The van der Waals surface area contributed by atoms with E-state index >= 15 is 0 Å². The van der Waals surface area contributed by atoms with Gasteiger partial charge in [-0.1, -0.05) is 30.3 Å². The Morgan fingerprint density at radius 3 is 2.58 bits per heavy atom. The smallest absolute Gasteiger partial charge is 0.253 e. The Hall–Kier alpha value is -1.87. The van der Waals surface area contributed by atoms with Crippen LogP contribution in [0.5, 0.6) is 0 Å². The van der Waals surface area contributed by atoms with Crippen molar-refractivity contribution >= 4 is 17.5 Å². The second-order valence-corrected chi connectivity index (χ2v) is 4.79. The summed E-state index contributed by atoms with van der Waals surface area (Å²) in [7, 11) is 0. The van der Waals surface area contributed by atoms with E-state index in [1.54, 1.807) is 18.3 Å². The van der Waals surface area contributed by atoms with Crippen LogP contribution in [0.25, 0.3) is 0 Å². The van der Waals surface area contributed by atoms with Crippen LogP contribution >= 0.6 is 11.6 Å². The first-order chi connectivity index (χ1) is 9.15. The van der Waals surface area contributed by atoms with Gasteiger partial charge in [0.1, 0.15) is 0 Å². The fourth-order valence-corrected chi connectivity index (χ4v) is 2.03. The number of benzene rings is 1. The van der Waals surface area contributed by atoms with Crippen molar-refractivity contribution in [1.29, 1.82) is 0 Å². The molecule has 4 heteroatoms. The molecule has 2 aromatic rings. The van der Waals surface area contributed by atoms with E-state index in [1.807, 2.05) is 37.3 Å². The lowest BCUT2D eigenvalue weighted by molar-refractivity contribution is 0.0913. The minimum atomic E-state index is -0.601. The van der Waals surface area contributed by atoms with Crippen molar-refractivity contribution in [2.75, 3.05) is 5.88 Å². The van der Waals surface area contributed by atoms with Gasteiger partial charge in [-0.2, -0.15) is 0 Å². The molecule has 0 radical (unpaired) electrons. The van der Waals surface area contributed by atoms with Crippen LogP contribution in [0.15, 0.2) is 54.9 Å². The lowest BCUT2D eigenvalue weighted by Gasteiger charge is -2.29. The number of carbonyl (C=O) groups is 1. The first-order valence-corrected chi connectivity index (χ1v) is 6.53. The van der Waals surface area contributed by atoms with E-state index in [-0.39, 0.29) is 5.91 Å². The fourth-order valence-electron chi connectivity index (χ4n) is 1.81. The van der Waals surface area contributed by atoms with Crippen molar-refractivity contribution in [3.05, 3.63) is 66.0 Å². The van der Waals surface area contributed by atoms with E-state index in [4.69, 9.17) is 11.6 Å². The van der Waals surface area contributed by atoms with Gasteiger partial charge in [-0.15, -0.1) is 11.6 Å². The molecule has 0 saturated carbocycles. The van der Waals surface area contributed by atoms with Gasteiger partial charge in [-0.25, -0.2) is 0 Å². The van der Waals surface area contributed by atoms with Crippen LogP contribution in [0, 0.1) is 0 Å². The van der Waals surface area contributed by atoms with Crippen molar-refractivity contribution in [2.24, 2.45) is 0 Å². The summed E-state index contributed by atoms with van der Waals surface area (Å²) < 4.78 is 0. The Bertz CT molecular complexity index is 545. The van der Waals surface area contributed by atoms with Crippen LogP contribution in [0.4, 0.5) is 0 Å². The van der Waals surface area contributed by atoms with E-state index < -0.39 is 5.54 Å².